The number of aryl methyl sites for hydroxylation is 2. The van der Waals surface area contributed by atoms with Crippen molar-refractivity contribution in [3.8, 4) is 5.75 Å². The smallest absolute Gasteiger partial charge is 0.131 e. The van der Waals surface area contributed by atoms with Crippen molar-refractivity contribution in [3.05, 3.63) is 46.9 Å². The molecule has 5 heteroatoms. The van der Waals surface area contributed by atoms with Crippen LogP contribution in [0.15, 0.2) is 30.5 Å². The molecule has 0 aliphatic carbocycles. The molecule has 104 valence electrons. The number of aromatic nitrogens is 3. The van der Waals surface area contributed by atoms with E-state index in [0.29, 0.717) is 11.6 Å². The number of nitrogens with zero attached hydrogens (tertiary/aromatic N) is 2. The van der Waals surface area contributed by atoms with Crippen molar-refractivity contribution >= 4 is 22.5 Å². The summed E-state index contributed by atoms with van der Waals surface area (Å²) in [7, 11) is 0. The fourth-order valence-electron chi connectivity index (χ4n) is 2.28. The van der Waals surface area contributed by atoms with Crippen LogP contribution in [0.3, 0.4) is 0 Å². The Labute approximate surface area is 122 Å². The van der Waals surface area contributed by atoms with Gasteiger partial charge < -0.3 is 9.72 Å². The number of hydrogen-bond acceptors (Lipinski definition) is 2. The van der Waals surface area contributed by atoms with Gasteiger partial charge in [0, 0.05) is 23.6 Å². The van der Waals surface area contributed by atoms with E-state index in [-0.39, 0.29) is 0 Å². The van der Waals surface area contributed by atoms with Crippen molar-refractivity contribution in [2.24, 2.45) is 0 Å². The van der Waals surface area contributed by atoms with E-state index in [0.717, 1.165) is 34.6 Å². The van der Waals surface area contributed by atoms with E-state index in [2.05, 4.69) is 10.1 Å². The summed E-state index contributed by atoms with van der Waals surface area (Å²) in [6.45, 7) is 5.15. The third-order valence-electron chi connectivity index (χ3n) is 3.35. The minimum absolute atomic E-state index is 0.420. The molecular weight excluding hydrogens is 274 g/mol. The molecule has 0 spiro atoms. The van der Waals surface area contributed by atoms with Gasteiger partial charge in [0.2, 0.25) is 0 Å². The normalized spacial score (nSPS) is 11.2. The number of ether oxygens (including phenoxy) is 1. The number of fused-ring (bicyclic) bond motifs is 1. The number of hydrogen-bond donors (Lipinski definition) is 1. The molecule has 0 atom stereocenters. The van der Waals surface area contributed by atoms with E-state index < -0.39 is 0 Å². The Morgan fingerprint density at radius 3 is 3.00 bits per heavy atom. The summed E-state index contributed by atoms with van der Waals surface area (Å²) in [6, 6.07) is 8.00. The Hall–Kier alpha value is -1.94. The lowest BCUT2D eigenvalue weighted by molar-refractivity contribution is 0.293. The van der Waals surface area contributed by atoms with Gasteiger partial charge in [0.25, 0.3) is 0 Å². The van der Waals surface area contributed by atoms with Crippen LogP contribution >= 0.6 is 11.6 Å². The monoisotopic (exact) mass is 289 g/mol. The predicted octanol–water partition coefficient (Wildman–Crippen LogP) is 3.93. The van der Waals surface area contributed by atoms with Crippen molar-refractivity contribution in [2.75, 3.05) is 0 Å². The van der Waals surface area contributed by atoms with Crippen LogP contribution < -0.4 is 4.74 Å². The molecule has 0 amide bonds. The fraction of sp³-hybridized carbons (Fsp3) is 0.267. The first kappa shape index (κ1) is 13.1. The maximum absolute atomic E-state index is 6.27. The first-order valence-corrected chi connectivity index (χ1v) is 6.98. The molecule has 1 N–H and O–H groups in total. The SMILES string of the molecule is CCn1nc(C)c(Cl)c1COc1ccc2[nH]ccc2c1. The van der Waals surface area contributed by atoms with E-state index >= 15 is 0 Å². The molecule has 0 unspecified atom stereocenters. The van der Waals surface area contributed by atoms with Crippen LogP contribution in [0, 0.1) is 6.92 Å². The molecule has 2 aromatic heterocycles. The minimum Gasteiger partial charge on any atom is -0.487 e. The third kappa shape index (κ3) is 2.27. The molecule has 3 aromatic rings. The number of benzene rings is 1. The molecule has 0 radical (unpaired) electrons. The molecule has 20 heavy (non-hydrogen) atoms. The van der Waals surface area contributed by atoms with E-state index in [4.69, 9.17) is 16.3 Å². The summed E-state index contributed by atoms with van der Waals surface area (Å²) in [5, 5.41) is 6.20. The van der Waals surface area contributed by atoms with E-state index in [1.807, 2.05) is 49.0 Å². The lowest BCUT2D eigenvalue weighted by atomic mass is 10.2. The topological polar surface area (TPSA) is 42.8 Å². The van der Waals surface area contributed by atoms with Crippen LogP contribution in [-0.4, -0.2) is 14.8 Å². The van der Waals surface area contributed by atoms with E-state index in [1.54, 1.807) is 0 Å². The zero-order valence-electron chi connectivity index (χ0n) is 11.5. The van der Waals surface area contributed by atoms with Crippen LogP contribution in [0.25, 0.3) is 10.9 Å². The summed E-state index contributed by atoms with van der Waals surface area (Å²) in [4.78, 5) is 3.16. The number of halogens is 1. The Balaban J connectivity index is 1.82. The molecule has 0 bridgehead atoms. The molecule has 2 heterocycles. The molecule has 0 aliphatic rings. The number of rotatable bonds is 4. The highest BCUT2D eigenvalue weighted by atomic mass is 35.5. The van der Waals surface area contributed by atoms with E-state index in [9.17, 15) is 0 Å². The standard InChI is InChI=1S/C15H16ClN3O/c1-3-19-14(15(16)10(2)18-19)9-20-12-4-5-13-11(8-12)6-7-17-13/h4-8,17H,3,9H2,1-2H3. The van der Waals surface area contributed by atoms with E-state index in [1.165, 1.54) is 0 Å². The summed E-state index contributed by atoms with van der Waals surface area (Å²) in [5.74, 6) is 0.828. The maximum atomic E-state index is 6.27. The second kappa shape index (κ2) is 5.21. The third-order valence-corrected chi connectivity index (χ3v) is 3.84. The molecule has 1 aromatic carbocycles. The zero-order valence-corrected chi connectivity index (χ0v) is 12.2. The van der Waals surface area contributed by atoms with Crippen molar-refractivity contribution in [3.63, 3.8) is 0 Å². The maximum Gasteiger partial charge on any atom is 0.131 e. The fourth-order valence-corrected chi connectivity index (χ4v) is 2.47. The second-order valence-corrected chi connectivity index (χ2v) is 5.06. The molecule has 0 saturated heterocycles. The Morgan fingerprint density at radius 2 is 2.20 bits per heavy atom. The van der Waals surface area contributed by atoms with Gasteiger partial charge in [-0.15, -0.1) is 0 Å². The van der Waals surface area contributed by atoms with Gasteiger partial charge in [-0.25, -0.2) is 0 Å². The number of aromatic amines is 1. The van der Waals surface area contributed by atoms with Crippen molar-refractivity contribution in [1.82, 2.24) is 14.8 Å². The highest BCUT2D eigenvalue weighted by Crippen LogP contribution is 2.24. The zero-order chi connectivity index (χ0) is 14.1. The van der Waals surface area contributed by atoms with Gasteiger partial charge in [-0.2, -0.15) is 5.10 Å². The number of H-pyrrole nitrogens is 1. The molecule has 0 fully saturated rings. The van der Waals surface area contributed by atoms with Gasteiger partial charge in [0.1, 0.15) is 12.4 Å². The lowest BCUT2D eigenvalue weighted by Crippen LogP contribution is -2.06. The summed E-state index contributed by atoms with van der Waals surface area (Å²) < 4.78 is 7.73. The molecular formula is C15H16ClN3O. The minimum atomic E-state index is 0.420. The highest BCUT2D eigenvalue weighted by Gasteiger charge is 2.13. The van der Waals surface area contributed by atoms with Gasteiger partial charge in [-0.3, -0.25) is 4.68 Å². The molecule has 0 saturated carbocycles. The van der Waals surface area contributed by atoms with Crippen LogP contribution in [0.2, 0.25) is 5.02 Å². The molecule has 0 aliphatic heterocycles. The summed E-state index contributed by atoms with van der Waals surface area (Å²) >= 11 is 6.27. The van der Waals surface area contributed by atoms with Crippen molar-refractivity contribution < 1.29 is 4.74 Å². The first-order valence-electron chi connectivity index (χ1n) is 6.60. The largest absolute Gasteiger partial charge is 0.487 e. The van der Waals surface area contributed by atoms with Gasteiger partial charge in [-0.1, -0.05) is 11.6 Å². The van der Waals surface area contributed by atoms with Gasteiger partial charge in [0.05, 0.1) is 16.4 Å². The van der Waals surface area contributed by atoms with Gasteiger partial charge in [-0.05, 0) is 38.1 Å². The molecule has 4 nitrogen and oxygen atoms in total. The Kier molecular flexibility index (Phi) is 3.40. The molecule has 3 rings (SSSR count). The van der Waals surface area contributed by atoms with Gasteiger partial charge in [0.15, 0.2) is 0 Å². The van der Waals surface area contributed by atoms with Crippen LogP contribution in [-0.2, 0) is 13.2 Å². The quantitative estimate of drug-likeness (QED) is 0.791. The van der Waals surface area contributed by atoms with Crippen molar-refractivity contribution in [1.29, 1.82) is 0 Å². The van der Waals surface area contributed by atoms with Crippen molar-refractivity contribution in [2.45, 2.75) is 27.0 Å². The summed E-state index contributed by atoms with van der Waals surface area (Å²) in [6.07, 6.45) is 1.92. The van der Waals surface area contributed by atoms with Crippen LogP contribution in [0.5, 0.6) is 5.75 Å². The predicted molar refractivity (Wildman–Crippen MR) is 80.3 cm³/mol. The highest BCUT2D eigenvalue weighted by molar-refractivity contribution is 6.31. The summed E-state index contributed by atoms with van der Waals surface area (Å²) in [5.41, 5.74) is 2.86. The number of nitrogens with one attached hydrogen (secondary N) is 1. The lowest BCUT2D eigenvalue weighted by Gasteiger charge is -2.08. The Bertz CT molecular complexity index is 745. The average molecular weight is 290 g/mol. The first-order chi connectivity index (χ1) is 9.69. The average Bonchev–Trinajstić information content (AvgIpc) is 3.02. The second-order valence-electron chi connectivity index (χ2n) is 4.68. The van der Waals surface area contributed by atoms with Crippen LogP contribution in [0.1, 0.15) is 18.3 Å². The van der Waals surface area contributed by atoms with Gasteiger partial charge >= 0.3 is 0 Å². The Morgan fingerprint density at radius 1 is 1.35 bits per heavy atom. The van der Waals surface area contributed by atoms with Crippen LogP contribution in [0.4, 0.5) is 0 Å².